The van der Waals surface area contributed by atoms with Gasteiger partial charge in [0.2, 0.25) is 0 Å². The van der Waals surface area contributed by atoms with Gasteiger partial charge in [0.05, 0.1) is 26.3 Å². The first-order valence-electron chi connectivity index (χ1n) is 9.88. The molecular weight excluding hydrogens is 356 g/mol. The van der Waals surface area contributed by atoms with Gasteiger partial charge in [-0.15, -0.1) is 0 Å². The lowest BCUT2D eigenvalue weighted by Crippen LogP contribution is -2.37. The predicted octanol–water partition coefficient (Wildman–Crippen LogP) is 2.40. The number of aromatic nitrogens is 3. The highest BCUT2D eigenvalue weighted by atomic mass is 16.5. The van der Waals surface area contributed by atoms with E-state index in [0.29, 0.717) is 13.1 Å². The quantitative estimate of drug-likeness (QED) is 0.535. The van der Waals surface area contributed by atoms with Crippen LogP contribution in [0.25, 0.3) is 0 Å². The molecule has 2 aromatic rings. The van der Waals surface area contributed by atoms with Crippen LogP contribution < -0.4 is 20.1 Å². The number of ether oxygens (including phenoxy) is 2. The maximum absolute atomic E-state index is 6.18. The molecule has 0 radical (unpaired) electrons. The molecule has 0 unspecified atom stereocenters. The second-order valence-electron chi connectivity index (χ2n) is 6.86. The predicted molar refractivity (Wildman–Crippen MR) is 109 cm³/mol. The molecule has 0 saturated heterocycles. The lowest BCUT2D eigenvalue weighted by Gasteiger charge is -2.17. The standard InChI is InChI=1S/C20H30N6O2/c1-4-21-20(23-13-19-24-14-25-26(19)2)22-12-15-9-10-17(27-3)18(11-15)28-16-7-5-6-8-16/h9-11,14,16H,4-8,12-13H2,1-3H3,(H2,21,22,23). The third kappa shape index (κ3) is 5.37. The molecule has 8 nitrogen and oxygen atoms in total. The van der Waals surface area contributed by atoms with E-state index in [-0.39, 0.29) is 6.10 Å². The van der Waals surface area contributed by atoms with Gasteiger partial charge in [0.25, 0.3) is 0 Å². The van der Waals surface area contributed by atoms with Crippen LogP contribution in [0.3, 0.4) is 0 Å². The van der Waals surface area contributed by atoms with Crippen molar-refractivity contribution in [3.8, 4) is 11.5 Å². The zero-order valence-corrected chi connectivity index (χ0v) is 16.9. The molecule has 1 aromatic heterocycles. The molecule has 2 N–H and O–H groups in total. The van der Waals surface area contributed by atoms with Gasteiger partial charge in [0.1, 0.15) is 12.2 Å². The summed E-state index contributed by atoms with van der Waals surface area (Å²) in [5, 5.41) is 10.6. The van der Waals surface area contributed by atoms with Crippen LogP contribution in [0.15, 0.2) is 29.5 Å². The number of aliphatic imine (C=N–C) groups is 1. The second kappa shape index (κ2) is 9.96. The molecule has 3 rings (SSSR count). The Morgan fingerprint density at radius 1 is 1.25 bits per heavy atom. The van der Waals surface area contributed by atoms with Gasteiger partial charge in [0.15, 0.2) is 17.5 Å². The molecule has 1 aliphatic rings. The third-order valence-corrected chi connectivity index (χ3v) is 4.81. The van der Waals surface area contributed by atoms with Gasteiger partial charge >= 0.3 is 0 Å². The lowest BCUT2D eigenvalue weighted by atomic mass is 10.2. The number of guanidine groups is 1. The Morgan fingerprint density at radius 2 is 2.07 bits per heavy atom. The Morgan fingerprint density at radius 3 is 2.75 bits per heavy atom. The molecule has 0 aliphatic heterocycles. The van der Waals surface area contributed by atoms with Crippen LogP contribution in [0.5, 0.6) is 11.5 Å². The number of aryl methyl sites for hydroxylation is 1. The molecule has 0 bridgehead atoms. The molecule has 1 aromatic carbocycles. The summed E-state index contributed by atoms with van der Waals surface area (Å²) in [6.45, 7) is 3.92. The van der Waals surface area contributed by atoms with Gasteiger partial charge < -0.3 is 20.1 Å². The van der Waals surface area contributed by atoms with Gasteiger partial charge in [-0.2, -0.15) is 5.10 Å². The molecule has 8 heteroatoms. The largest absolute Gasteiger partial charge is 0.493 e. The second-order valence-corrected chi connectivity index (χ2v) is 6.86. The summed E-state index contributed by atoms with van der Waals surface area (Å²) < 4.78 is 13.4. The van der Waals surface area contributed by atoms with Crippen LogP contribution in [0.1, 0.15) is 44.0 Å². The number of benzene rings is 1. The number of nitrogens with zero attached hydrogens (tertiary/aromatic N) is 4. The minimum absolute atomic E-state index is 0.290. The van der Waals surface area contributed by atoms with Crippen LogP contribution in [0, 0.1) is 0 Å². The van der Waals surface area contributed by atoms with Gasteiger partial charge in [-0.3, -0.25) is 4.68 Å². The molecule has 152 valence electrons. The van der Waals surface area contributed by atoms with Crippen LogP contribution in [-0.4, -0.2) is 40.5 Å². The summed E-state index contributed by atoms with van der Waals surface area (Å²) in [7, 11) is 3.55. The monoisotopic (exact) mass is 386 g/mol. The Labute approximate surface area is 166 Å². The first-order valence-corrected chi connectivity index (χ1v) is 9.88. The van der Waals surface area contributed by atoms with Crippen molar-refractivity contribution >= 4 is 5.96 Å². The number of nitrogens with one attached hydrogen (secondary N) is 2. The van der Waals surface area contributed by atoms with E-state index in [9.17, 15) is 0 Å². The molecule has 1 aliphatic carbocycles. The van der Waals surface area contributed by atoms with E-state index in [2.05, 4.69) is 25.7 Å². The van der Waals surface area contributed by atoms with Crippen LogP contribution in [0.2, 0.25) is 0 Å². The lowest BCUT2D eigenvalue weighted by molar-refractivity contribution is 0.200. The minimum Gasteiger partial charge on any atom is -0.493 e. The summed E-state index contributed by atoms with van der Waals surface area (Å²) in [5.41, 5.74) is 1.07. The molecule has 0 spiro atoms. The topological polar surface area (TPSA) is 85.6 Å². The third-order valence-electron chi connectivity index (χ3n) is 4.81. The number of rotatable bonds is 8. The average Bonchev–Trinajstić information content (AvgIpc) is 3.36. The Bertz CT molecular complexity index is 783. The molecule has 28 heavy (non-hydrogen) atoms. The summed E-state index contributed by atoms with van der Waals surface area (Å²) in [4.78, 5) is 8.90. The zero-order valence-electron chi connectivity index (χ0n) is 16.9. The normalized spacial score (nSPS) is 14.9. The van der Waals surface area contributed by atoms with E-state index in [0.717, 1.165) is 48.2 Å². The summed E-state index contributed by atoms with van der Waals surface area (Å²) in [6, 6.07) is 6.01. The summed E-state index contributed by atoms with van der Waals surface area (Å²) in [6.07, 6.45) is 6.53. The van der Waals surface area contributed by atoms with Gasteiger partial charge in [-0.1, -0.05) is 6.07 Å². The van der Waals surface area contributed by atoms with Gasteiger partial charge in [-0.25, -0.2) is 9.98 Å². The smallest absolute Gasteiger partial charge is 0.191 e. The van der Waals surface area contributed by atoms with Crippen LogP contribution in [-0.2, 0) is 20.1 Å². The fraction of sp³-hybridized carbons (Fsp3) is 0.550. The molecule has 1 heterocycles. The van der Waals surface area contributed by atoms with E-state index in [1.54, 1.807) is 18.1 Å². The first-order chi connectivity index (χ1) is 13.7. The highest BCUT2D eigenvalue weighted by Gasteiger charge is 2.18. The van der Waals surface area contributed by atoms with E-state index < -0.39 is 0 Å². The summed E-state index contributed by atoms with van der Waals surface area (Å²) in [5.74, 6) is 3.16. The number of hydrogen-bond acceptors (Lipinski definition) is 5. The number of hydrogen-bond donors (Lipinski definition) is 2. The Balaban J connectivity index is 1.66. The van der Waals surface area contributed by atoms with E-state index in [1.165, 1.54) is 12.8 Å². The zero-order chi connectivity index (χ0) is 19.8. The highest BCUT2D eigenvalue weighted by molar-refractivity contribution is 5.79. The molecular formula is C20H30N6O2. The average molecular weight is 387 g/mol. The van der Waals surface area contributed by atoms with E-state index in [1.807, 2.05) is 32.2 Å². The van der Waals surface area contributed by atoms with Crippen molar-refractivity contribution in [3.05, 3.63) is 35.9 Å². The maximum Gasteiger partial charge on any atom is 0.191 e. The van der Waals surface area contributed by atoms with Crippen molar-refractivity contribution in [2.45, 2.75) is 51.8 Å². The molecule has 0 atom stereocenters. The SMILES string of the molecule is CCNC(=NCc1ccc(OC)c(OC2CCCC2)c1)NCc1ncnn1C. The van der Waals surface area contributed by atoms with Crippen molar-refractivity contribution in [1.29, 1.82) is 0 Å². The fourth-order valence-electron chi connectivity index (χ4n) is 3.25. The van der Waals surface area contributed by atoms with Crippen molar-refractivity contribution < 1.29 is 9.47 Å². The molecule has 1 fully saturated rings. The van der Waals surface area contributed by atoms with Crippen molar-refractivity contribution in [2.24, 2.45) is 12.0 Å². The van der Waals surface area contributed by atoms with Crippen molar-refractivity contribution in [1.82, 2.24) is 25.4 Å². The Kier molecular flexibility index (Phi) is 7.11. The van der Waals surface area contributed by atoms with Gasteiger partial charge in [0, 0.05) is 13.6 Å². The van der Waals surface area contributed by atoms with Crippen molar-refractivity contribution in [3.63, 3.8) is 0 Å². The van der Waals surface area contributed by atoms with Crippen molar-refractivity contribution in [2.75, 3.05) is 13.7 Å². The van der Waals surface area contributed by atoms with Gasteiger partial charge in [-0.05, 0) is 50.3 Å². The van der Waals surface area contributed by atoms with E-state index >= 15 is 0 Å². The fourth-order valence-corrected chi connectivity index (χ4v) is 3.25. The van der Waals surface area contributed by atoms with Crippen LogP contribution in [0.4, 0.5) is 0 Å². The minimum atomic E-state index is 0.290. The number of methoxy groups -OCH3 is 1. The first kappa shape index (κ1) is 20.0. The summed E-state index contributed by atoms with van der Waals surface area (Å²) >= 11 is 0. The van der Waals surface area contributed by atoms with E-state index in [4.69, 9.17) is 9.47 Å². The van der Waals surface area contributed by atoms with Crippen LogP contribution >= 0.6 is 0 Å². The molecule has 0 amide bonds. The highest BCUT2D eigenvalue weighted by Crippen LogP contribution is 2.32. The molecule has 1 saturated carbocycles. The Hall–Kier alpha value is -2.77. The maximum atomic E-state index is 6.18.